The van der Waals surface area contributed by atoms with E-state index >= 15 is 0 Å². The largest absolute Gasteiger partial charge is 0.416 e. The lowest BCUT2D eigenvalue weighted by Crippen LogP contribution is -2.40. The van der Waals surface area contributed by atoms with Gasteiger partial charge in [-0.2, -0.15) is 13.2 Å². The summed E-state index contributed by atoms with van der Waals surface area (Å²) in [6, 6.07) is 5.65. The minimum absolute atomic E-state index is 0.0854. The van der Waals surface area contributed by atoms with E-state index in [9.17, 15) is 18.0 Å². The van der Waals surface area contributed by atoms with Crippen LogP contribution in [-0.2, 0) is 11.0 Å². The standard InChI is InChI=1S/C19H25F3N2O/c1-14(15-5-7-16(8-6-15)19(20,21)22)12-18(25)24-11-3-10-23-9-2-4-17(23)13-24/h5-8,14,17H,2-4,9-13H2,1H3. The molecule has 0 spiro atoms. The molecular weight excluding hydrogens is 329 g/mol. The van der Waals surface area contributed by atoms with Gasteiger partial charge >= 0.3 is 6.18 Å². The highest BCUT2D eigenvalue weighted by molar-refractivity contribution is 5.77. The average Bonchev–Trinajstić information content (AvgIpc) is 2.90. The maximum absolute atomic E-state index is 12.7. The molecule has 0 aromatic heterocycles. The summed E-state index contributed by atoms with van der Waals surface area (Å²) in [7, 11) is 0. The molecule has 2 fully saturated rings. The first-order chi connectivity index (χ1) is 11.8. The molecule has 2 heterocycles. The Morgan fingerprint density at radius 3 is 2.52 bits per heavy atom. The quantitative estimate of drug-likeness (QED) is 0.822. The summed E-state index contributed by atoms with van der Waals surface area (Å²) < 4.78 is 38.0. The zero-order valence-electron chi connectivity index (χ0n) is 14.6. The number of carbonyl (C=O) groups excluding carboxylic acids is 1. The Morgan fingerprint density at radius 1 is 1.16 bits per heavy atom. The summed E-state index contributed by atoms with van der Waals surface area (Å²) in [5.74, 6) is 0.0267. The van der Waals surface area contributed by atoms with E-state index in [-0.39, 0.29) is 11.8 Å². The molecule has 3 rings (SSSR count). The van der Waals surface area contributed by atoms with Crippen molar-refractivity contribution in [2.45, 2.75) is 50.7 Å². The molecule has 138 valence electrons. The zero-order chi connectivity index (χ0) is 18.0. The van der Waals surface area contributed by atoms with Gasteiger partial charge in [0, 0.05) is 32.1 Å². The Hall–Kier alpha value is -1.56. The normalized spacial score (nSPS) is 23.2. The lowest BCUT2D eigenvalue weighted by Gasteiger charge is -2.26. The fraction of sp³-hybridized carbons (Fsp3) is 0.632. The van der Waals surface area contributed by atoms with Gasteiger partial charge in [0.05, 0.1) is 5.56 Å². The van der Waals surface area contributed by atoms with Gasteiger partial charge in [0.25, 0.3) is 0 Å². The molecule has 6 heteroatoms. The number of carbonyl (C=O) groups is 1. The number of nitrogens with zero attached hydrogens (tertiary/aromatic N) is 2. The van der Waals surface area contributed by atoms with Gasteiger partial charge in [-0.1, -0.05) is 19.1 Å². The molecule has 0 aliphatic carbocycles. The first-order valence-corrected chi connectivity index (χ1v) is 9.03. The molecule has 2 saturated heterocycles. The number of fused-ring (bicyclic) bond motifs is 1. The number of amides is 1. The van der Waals surface area contributed by atoms with Crippen LogP contribution in [0.5, 0.6) is 0 Å². The van der Waals surface area contributed by atoms with Crippen molar-refractivity contribution in [2.75, 3.05) is 26.2 Å². The van der Waals surface area contributed by atoms with Crippen molar-refractivity contribution >= 4 is 5.91 Å². The topological polar surface area (TPSA) is 23.6 Å². The van der Waals surface area contributed by atoms with Crippen LogP contribution in [0.15, 0.2) is 24.3 Å². The third-order valence-corrected chi connectivity index (χ3v) is 5.44. The molecular formula is C19H25F3N2O. The molecule has 2 atom stereocenters. The predicted molar refractivity (Wildman–Crippen MR) is 90.3 cm³/mol. The fourth-order valence-corrected chi connectivity index (χ4v) is 3.94. The Morgan fingerprint density at radius 2 is 1.84 bits per heavy atom. The molecule has 0 radical (unpaired) electrons. The van der Waals surface area contributed by atoms with Crippen molar-refractivity contribution in [3.8, 4) is 0 Å². The molecule has 1 aromatic rings. The van der Waals surface area contributed by atoms with Gasteiger partial charge < -0.3 is 4.90 Å². The van der Waals surface area contributed by atoms with E-state index in [2.05, 4.69) is 4.90 Å². The van der Waals surface area contributed by atoms with Crippen molar-refractivity contribution in [3.05, 3.63) is 35.4 Å². The highest BCUT2D eigenvalue weighted by Crippen LogP contribution is 2.31. The van der Waals surface area contributed by atoms with Crippen LogP contribution >= 0.6 is 0 Å². The van der Waals surface area contributed by atoms with Crippen LogP contribution < -0.4 is 0 Å². The van der Waals surface area contributed by atoms with Gasteiger partial charge in [-0.3, -0.25) is 9.69 Å². The molecule has 25 heavy (non-hydrogen) atoms. The van der Waals surface area contributed by atoms with E-state index in [4.69, 9.17) is 0 Å². The van der Waals surface area contributed by atoms with Crippen molar-refractivity contribution < 1.29 is 18.0 Å². The number of hydrogen-bond acceptors (Lipinski definition) is 2. The summed E-state index contributed by atoms with van der Waals surface area (Å²) in [4.78, 5) is 17.1. The summed E-state index contributed by atoms with van der Waals surface area (Å²) in [5, 5.41) is 0. The average molecular weight is 354 g/mol. The Bertz CT molecular complexity index is 600. The van der Waals surface area contributed by atoms with E-state index in [0.717, 1.165) is 56.7 Å². The maximum atomic E-state index is 12.7. The second-order valence-electron chi connectivity index (χ2n) is 7.25. The summed E-state index contributed by atoms with van der Waals surface area (Å²) in [6.45, 7) is 5.67. The van der Waals surface area contributed by atoms with Gasteiger partial charge in [-0.05, 0) is 49.4 Å². The van der Waals surface area contributed by atoms with Crippen molar-refractivity contribution in [3.63, 3.8) is 0 Å². The van der Waals surface area contributed by atoms with Crippen LogP contribution in [-0.4, -0.2) is 47.9 Å². The third kappa shape index (κ3) is 4.35. The molecule has 2 aliphatic heterocycles. The summed E-state index contributed by atoms with van der Waals surface area (Å²) in [6.07, 6.45) is -0.626. The van der Waals surface area contributed by atoms with Gasteiger partial charge in [-0.15, -0.1) is 0 Å². The van der Waals surface area contributed by atoms with Crippen LogP contribution in [0.2, 0.25) is 0 Å². The minimum atomic E-state index is -4.32. The highest BCUT2D eigenvalue weighted by Gasteiger charge is 2.32. The lowest BCUT2D eigenvalue weighted by molar-refractivity contribution is -0.137. The smallest absolute Gasteiger partial charge is 0.341 e. The molecule has 1 aromatic carbocycles. The Balaban J connectivity index is 1.60. The predicted octanol–water partition coefficient (Wildman–Crippen LogP) is 3.90. The first kappa shape index (κ1) is 18.2. The van der Waals surface area contributed by atoms with Crippen LogP contribution in [0.25, 0.3) is 0 Å². The number of alkyl halides is 3. The Kier molecular flexibility index (Phi) is 5.37. The van der Waals surface area contributed by atoms with Crippen LogP contribution in [0.4, 0.5) is 13.2 Å². The third-order valence-electron chi connectivity index (χ3n) is 5.44. The SMILES string of the molecule is CC(CC(=O)N1CCCN2CCCC2C1)c1ccc(C(F)(F)F)cc1. The summed E-state index contributed by atoms with van der Waals surface area (Å²) in [5.41, 5.74) is 0.127. The highest BCUT2D eigenvalue weighted by atomic mass is 19.4. The van der Waals surface area contributed by atoms with E-state index in [1.165, 1.54) is 18.6 Å². The second kappa shape index (κ2) is 7.36. The van der Waals surface area contributed by atoms with Crippen LogP contribution in [0.3, 0.4) is 0 Å². The van der Waals surface area contributed by atoms with E-state index in [1.54, 1.807) is 0 Å². The zero-order valence-corrected chi connectivity index (χ0v) is 14.6. The van der Waals surface area contributed by atoms with Crippen molar-refractivity contribution in [1.82, 2.24) is 9.80 Å². The minimum Gasteiger partial charge on any atom is -0.341 e. The molecule has 3 nitrogen and oxygen atoms in total. The molecule has 0 bridgehead atoms. The van der Waals surface area contributed by atoms with Crippen LogP contribution in [0.1, 0.15) is 49.7 Å². The number of halogens is 3. The molecule has 0 saturated carbocycles. The monoisotopic (exact) mass is 354 g/mol. The van der Waals surface area contributed by atoms with Crippen LogP contribution in [0, 0.1) is 0 Å². The van der Waals surface area contributed by atoms with Crippen molar-refractivity contribution in [2.24, 2.45) is 0 Å². The molecule has 2 aliphatic rings. The molecule has 0 N–H and O–H groups in total. The van der Waals surface area contributed by atoms with Gasteiger partial charge in [0.15, 0.2) is 0 Å². The maximum Gasteiger partial charge on any atom is 0.416 e. The van der Waals surface area contributed by atoms with Gasteiger partial charge in [0.2, 0.25) is 5.91 Å². The molecule has 1 amide bonds. The lowest BCUT2D eigenvalue weighted by atomic mass is 9.96. The molecule has 2 unspecified atom stereocenters. The number of benzene rings is 1. The number of hydrogen-bond donors (Lipinski definition) is 0. The van der Waals surface area contributed by atoms with Crippen molar-refractivity contribution in [1.29, 1.82) is 0 Å². The Labute approximate surface area is 146 Å². The first-order valence-electron chi connectivity index (χ1n) is 9.03. The van der Waals surface area contributed by atoms with E-state index in [1.807, 2.05) is 11.8 Å². The second-order valence-corrected chi connectivity index (χ2v) is 7.25. The van der Waals surface area contributed by atoms with Gasteiger partial charge in [-0.25, -0.2) is 0 Å². The van der Waals surface area contributed by atoms with E-state index < -0.39 is 11.7 Å². The van der Waals surface area contributed by atoms with E-state index in [0.29, 0.717) is 12.5 Å². The number of rotatable bonds is 3. The fourth-order valence-electron chi connectivity index (χ4n) is 3.94. The summed E-state index contributed by atoms with van der Waals surface area (Å²) >= 11 is 0. The van der Waals surface area contributed by atoms with Gasteiger partial charge in [0.1, 0.15) is 0 Å².